The average molecular weight is 361 g/mol. The molecule has 0 aliphatic rings. The van der Waals surface area contributed by atoms with Crippen LogP contribution >= 0.6 is 23.5 Å². The highest BCUT2D eigenvalue weighted by Gasteiger charge is 2.10. The Morgan fingerprint density at radius 3 is 3.12 bits per heavy atom. The number of nitriles is 1. The summed E-state index contributed by atoms with van der Waals surface area (Å²) in [5, 5.41) is 18.2. The van der Waals surface area contributed by atoms with Crippen molar-refractivity contribution >= 4 is 40.4 Å². The minimum atomic E-state index is 0.392. The van der Waals surface area contributed by atoms with Crippen molar-refractivity contribution in [3.63, 3.8) is 0 Å². The molecule has 7 nitrogen and oxygen atoms in total. The molecule has 122 valence electrons. The Morgan fingerprint density at radius 1 is 1.46 bits per heavy atom. The van der Waals surface area contributed by atoms with E-state index in [0.29, 0.717) is 29.7 Å². The van der Waals surface area contributed by atoms with Gasteiger partial charge in [0.15, 0.2) is 0 Å². The van der Waals surface area contributed by atoms with E-state index in [1.54, 1.807) is 13.3 Å². The van der Waals surface area contributed by atoms with Crippen molar-refractivity contribution in [1.82, 2.24) is 20.2 Å². The van der Waals surface area contributed by atoms with Crippen LogP contribution in [0.2, 0.25) is 5.02 Å². The number of aromatic amines is 1. The summed E-state index contributed by atoms with van der Waals surface area (Å²) in [5.41, 5.74) is 1.66. The van der Waals surface area contributed by atoms with Crippen molar-refractivity contribution in [3.8, 4) is 11.9 Å². The molecule has 0 aliphatic carbocycles. The molecule has 0 spiro atoms. The van der Waals surface area contributed by atoms with Gasteiger partial charge >= 0.3 is 0 Å². The second kappa shape index (κ2) is 7.38. The van der Waals surface area contributed by atoms with Gasteiger partial charge < -0.3 is 4.74 Å². The lowest BCUT2D eigenvalue weighted by atomic mass is 10.2. The van der Waals surface area contributed by atoms with Gasteiger partial charge in [-0.25, -0.2) is 4.98 Å². The van der Waals surface area contributed by atoms with Crippen LogP contribution in [-0.4, -0.2) is 27.3 Å². The molecule has 24 heavy (non-hydrogen) atoms. The number of fused-ring (bicyclic) bond motifs is 1. The van der Waals surface area contributed by atoms with Crippen LogP contribution in [0.4, 0.5) is 5.95 Å². The first-order chi connectivity index (χ1) is 11.7. The summed E-state index contributed by atoms with van der Waals surface area (Å²) in [5.74, 6) is 0.865. The summed E-state index contributed by atoms with van der Waals surface area (Å²) in [6.45, 7) is 0. The first kappa shape index (κ1) is 16.4. The Morgan fingerprint density at radius 2 is 2.33 bits per heavy atom. The third kappa shape index (κ3) is 3.53. The smallest absolute Gasteiger partial charge is 0.236 e. The second-order valence-corrected chi connectivity index (χ2v) is 6.04. The molecule has 2 aromatic heterocycles. The molecule has 0 radical (unpaired) electrons. The van der Waals surface area contributed by atoms with Gasteiger partial charge in [-0.1, -0.05) is 11.6 Å². The number of methoxy groups -OCH3 is 1. The van der Waals surface area contributed by atoms with Gasteiger partial charge in [0.1, 0.15) is 5.03 Å². The van der Waals surface area contributed by atoms with Crippen molar-refractivity contribution in [1.29, 1.82) is 5.26 Å². The lowest BCUT2D eigenvalue weighted by molar-refractivity contribution is 0.392. The SMILES string of the molecule is COc1nc(NSc2n[nH]c3cc(Cl)ccc23)ncc1CCC#N. The molecule has 0 saturated heterocycles. The van der Waals surface area contributed by atoms with Gasteiger partial charge in [-0.05, 0) is 24.6 Å². The van der Waals surface area contributed by atoms with Crippen LogP contribution in [0, 0.1) is 11.3 Å². The van der Waals surface area contributed by atoms with Gasteiger partial charge in [0.25, 0.3) is 0 Å². The first-order valence-corrected chi connectivity index (χ1v) is 8.24. The lowest BCUT2D eigenvalue weighted by Crippen LogP contribution is -2.01. The Hall–Kier alpha value is -2.50. The minimum Gasteiger partial charge on any atom is -0.481 e. The zero-order valence-corrected chi connectivity index (χ0v) is 14.3. The van der Waals surface area contributed by atoms with Crippen LogP contribution in [-0.2, 0) is 6.42 Å². The minimum absolute atomic E-state index is 0.392. The van der Waals surface area contributed by atoms with Crippen molar-refractivity contribution < 1.29 is 4.74 Å². The summed E-state index contributed by atoms with van der Waals surface area (Å²) in [4.78, 5) is 8.55. The molecule has 2 heterocycles. The number of nitrogens with one attached hydrogen (secondary N) is 2. The molecular formula is C15H13ClN6OS. The Kier molecular flexibility index (Phi) is 5.03. The van der Waals surface area contributed by atoms with Gasteiger partial charge in [0.05, 0.1) is 18.7 Å². The molecule has 0 amide bonds. The molecule has 1 aromatic carbocycles. The molecule has 0 aliphatic heterocycles. The standard InChI is InChI=1S/C15H13ClN6OS/c1-23-13-9(3-2-6-17)8-18-15(19-13)22-24-14-11-5-4-10(16)7-12(11)20-21-14/h4-5,7-8H,2-3H2,1H3,(H,20,21)(H,18,19,22). The quantitative estimate of drug-likeness (QED) is 0.648. The Labute approximate surface area is 147 Å². The zero-order chi connectivity index (χ0) is 16.9. The van der Waals surface area contributed by atoms with Crippen molar-refractivity contribution in [2.24, 2.45) is 0 Å². The fraction of sp³-hybridized carbons (Fsp3) is 0.200. The van der Waals surface area contributed by atoms with E-state index in [9.17, 15) is 0 Å². The molecule has 3 rings (SSSR count). The van der Waals surface area contributed by atoms with E-state index in [-0.39, 0.29) is 0 Å². The number of nitrogens with zero attached hydrogens (tertiary/aromatic N) is 4. The van der Waals surface area contributed by atoms with Crippen molar-refractivity contribution in [2.45, 2.75) is 17.9 Å². The van der Waals surface area contributed by atoms with Gasteiger partial charge in [-0.2, -0.15) is 15.3 Å². The number of benzene rings is 1. The fourth-order valence-electron chi connectivity index (χ4n) is 2.12. The molecule has 0 atom stereocenters. The maximum absolute atomic E-state index is 8.67. The molecular weight excluding hydrogens is 348 g/mol. The summed E-state index contributed by atoms with van der Waals surface area (Å²) in [6.07, 6.45) is 2.61. The number of hydrogen-bond acceptors (Lipinski definition) is 7. The number of anilines is 1. The van der Waals surface area contributed by atoms with Crippen molar-refractivity contribution in [3.05, 3.63) is 35.0 Å². The summed E-state index contributed by atoms with van der Waals surface area (Å²) in [7, 11) is 1.54. The molecule has 0 bridgehead atoms. The van der Waals surface area contributed by atoms with Crippen LogP contribution < -0.4 is 9.46 Å². The maximum atomic E-state index is 8.67. The van der Waals surface area contributed by atoms with Gasteiger partial charge in [0.2, 0.25) is 11.8 Å². The van der Waals surface area contributed by atoms with Gasteiger partial charge in [-0.3, -0.25) is 9.82 Å². The first-order valence-electron chi connectivity index (χ1n) is 7.04. The number of H-pyrrole nitrogens is 1. The monoisotopic (exact) mass is 360 g/mol. The van der Waals surface area contributed by atoms with E-state index in [1.807, 2.05) is 18.2 Å². The Bertz CT molecular complexity index is 907. The van der Waals surface area contributed by atoms with E-state index in [4.69, 9.17) is 21.6 Å². The third-order valence-electron chi connectivity index (χ3n) is 3.25. The lowest BCUT2D eigenvalue weighted by Gasteiger charge is -2.08. The molecule has 9 heteroatoms. The second-order valence-electron chi connectivity index (χ2n) is 4.81. The number of hydrogen-bond donors (Lipinski definition) is 2. The number of ether oxygens (including phenoxy) is 1. The molecule has 0 unspecified atom stereocenters. The molecule has 2 N–H and O–H groups in total. The number of halogens is 1. The molecule has 0 fully saturated rings. The van der Waals surface area contributed by atoms with Crippen LogP contribution in [0.5, 0.6) is 5.88 Å². The van der Waals surface area contributed by atoms with E-state index >= 15 is 0 Å². The predicted octanol–water partition coefficient (Wildman–Crippen LogP) is 3.59. The summed E-state index contributed by atoms with van der Waals surface area (Å²) < 4.78 is 8.30. The molecule has 3 aromatic rings. The summed E-state index contributed by atoms with van der Waals surface area (Å²) in [6, 6.07) is 7.62. The third-order valence-corrected chi connectivity index (χ3v) is 4.28. The van der Waals surface area contributed by atoms with Crippen molar-refractivity contribution in [2.75, 3.05) is 11.8 Å². The Balaban J connectivity index is 1.75. The number of aryl methyl sites for hydroxylation is 1. The number of aromatic nitrogens is 4. The van der Waals surface area contributed by atoms with Gasteiger partial charge in [0, 0.05) is 40.5 Å². The summed E-state index contributed by atoms with van der Waals surface area (Å²) >= 11 is 7.25. The fourth-order valence-corrected chi connectivity index (χ4v) is 2.96. The van der Waals surface area contributed by atoms with E-state index in [2.05, 4.69) is 31.0 Å². The van der Waals surface area contributed by atoms with Crippen LogP contribution in [0.25, 0.3) is 10.9 Å². The highest BCUT2D eigenvalue weighted by atomic mass is 35.5. The van der Waals surface area contributed by atoms with E-state index in [0.717, 1.165) is 21.5 Å². The zero-order valence-electron chi connectivity index (χ0n) is 12.7. The van der Waals surface area contributed by atoms with Gasteiger partial charge in [-0.15, -0.1) is 0 Å². The largest absolute Gasteiger partial charge is 0.481 e. The van der Waals surface area contributed by atoms with E-state index < -0.39 is 0 Å². The van der Waals surface area contributed by atoms with Crippen LogP contribution in [0.3, 0.4) is 0 Å². The highest BCUT2D eigenvalue weighted by molar-refractivity contribution is 8.00. The number of rotatable bonds is 6. The predicted molar refractivity (Wildman–Crippen MR) is 93.1 cm³/mol. The highest BCUT2D eigenvalue weighted by Crippen LogP contribution is 2.28. The van der Waals surface area contributed by atoms with Crippen LogP contribution in [0.1, 0.15) is 12.0 Å². The normalized spacial score (nSPS) is 10.5. The van der Waals surface area contributed by atoms with Crippen LogP contribution in [0.15, 0.2) is 29.4 Å². The molecule has 0 saturated carbocycles. The topological polar surface area (TPSA) is 99.5 Å². The van der Waals surface area contributed by atoms with E-state index in [1.165, 1.54) is 11.9 Å². The average Bonchev–Trinajstić information content (AvgIpc) is 3.00. The maximum Gasteiger partial charge on any atom is 0.236 e.